The molecule has 0 aliphatic heterocycles. The molecule has 1 unspecified atom stereocenters. The molecule has 1 aliphatic carbocycles. The SMILES string of the molecule is COC(=O)c1ccc(S(=O)(=O)NC2CCCc3cc(N)ccc32)cc1Cl.Cl. The van der Waals surface area contributed by atoms with Gasteiger partial charge in [-0.05, 0) is 60.7 Å². The summed E-state index contributed by atoms with van der Waals surface area (Å²) in [5.41, 5.74) is 8.60. The lowest BCUT2D eigenvalue weighted by molar-refractivity contribution is 0.0601. The third-order valence-electron chi connectivity index (χ3n) is 4.43. The van der Waals surface area contributed by atoms with Crippen molar-refractivity contribution in [3.05, 3.63) is 58.1 Å². The summed E-state index contributed by atoms with van der Waals surface area (Å²) in [5, 5.41) is 0.0246. The Morgan fingerprint density at radius 3 is 2.67 bits per heavy atom. The van der Waals surface area contributed by atoms with E-state index >= 15 is 0 Å². The molecule has 0 radical (unpaired) electrons. The van der Waals surface area contributed by atoms with Crippen molar-refractivity contribution in [3.63, 3.8) is 0 Å². The average molecular weight is 431 g/mol. The maximum atomic E-state index is 12.8. The highest BCUT2D eigenvalue weighted by Crippen LogP contribution is 2.32. The Bertz CT molecular complexity index is 964. The van der Waals surface area contributed by atoms with Crippen molar-refractivity contribution >= 4 is 45.7 Å². The second-order valence-electron chi connectivity index (χ2n) is 6.16. The number of hydrogen-bond donors (Lipinski definition) is 2. The first kappa shape index (κ1) is 21.5. The van der Waals surface area contributed by atoms with Crippen LogP contribution < -0.4 is 10.5 Å². The summed E-state index contributed by atoms with van der Waals surface area (Å²) in [6, 6.07) is 9.13. The average Bonchev–Trinajstić information content (AvgIpc) is 2.60. The number of methoxy groups -OCH3 is 1. The molecule has 9 heteroatoms. The minimum absolute atomic E-state index is 0. The molecule has 0 spiro atoms. The van der Waals surface area contributed by atoms with Gasteiger partial charge >= 0.3 is 5.97 Å². The summed E-state index contributed by atoms with van der Waals surface area (Å²) in [4.78, 5) is 11.6. The van der Waals surface area contributed by atoms with Gasteiger partial charge in [0.25, 0.3) is 0 Å². The molecule has 2 aromatic rings. The molecule has 146 valence electrons. The van der Waals surface area contributed by atoms with Gasteiger partial charge < -0.3 is 10.5 Å². The van der Waals surface area contributed by atoms with Crippen molar-refractivity contribution in [1.29, 1.82) is 0 Å². The normalized spacial score (nSPS) is 16.1. The van der Waals surface area contributed by atoms with Crippen LogP contribution in [-0.4, -0.2) is 21.5 Å². The molecule has 0 aromatic heterocycles. The van der Waals surface area contributed by atoms with Crippen molar-refractivity contribution in [1.82, 2.24) is 4.72 Å². The topological polar surface area (TPSA) is 98.5 Å². The van der Waals surface area contributed by atoms with Crippen LogP contribution in [-0.2, 0) is 21.2 Å². The molecule has 0 fully saturated rings. The molecule has 6 nitrogen and oxygen atoms in total. The van der Waals surface area contributed by atoms with Crippen LogP contribution in [0, 0.1) is 0 Å². The van der Waals surface area contributed by atoms with Crippen LogP contribution in [0.4, 0.5) is 5.69 Å². The number of esters is 1. The second kappa shape index (κ2) is 8.48. The number of nitrogen functional groups attached to an aromatic ring is 1. The number of anilines is 1. The van der Waals surface area contributed by atoms with E-state index in [1.54, 1.807) is 6.07 Å². The van der Waals surface area contributed by atoms with Gasteiger partial charge in [0.2, 0.25) is 10.0 Å². The Hall–Kier alpha value is -1.80. The van der Waals surface area contributed by atoms with Crippen molar-refractivity contribution in [3.8, 4) is 0 Å². The second-order valence-corrected chi connectivity index (χ2v) is 8.28. The van der Waals surface area contributed by atoms with Gasteiger partial charge in [-0.25, -0.2) is 17.9 Å². The number of aryl methyl sites for hydroxylation is 1. The van der Waals surface area contributed by atoms with Crippen LogP contribution in [0.1, 0.15) is 40.4 Å². The molecule has 1 aliphatic rings. The number of carbonyl (C=O) groups excluding carboxylic acids is 1. The molecule has 0 heterocycles. The first-order valence-electron chi connectivity index (χ1n) is 8.10. The molecule has 0 bridgehead atoms. The molecule has 0 amide bonds. The molecular formula is C18H20Cl2N2O4S. The first-order chi connectivity index (χ1) is 12.3. The minimum Gasteiger partial charge on any atom is -0.465 e. The standard InChI is InChI=1S/C18H19ClN2O4S.ClH/c1-25-18(22)15-8-6-13(10-16(15)19)26(23,24)21-17-4-2-3-11-9-12(20)5-7-14(11)17;/h5-10,17,21H,2-4,20H2,1H3;1H. The summed E-state index contributed by atoms with van der Waals surface area (Å²) in [6.45, 7) is 0. The Labute approximate surface area is 169 Å². The number of fused-ring (bicyclic) bond motifs is 1. The van der Waals surface area contributed by atoms with Crippen molar-refractivity contribution in [2.24, 2.45) is 0 Å². The highest BCUT2D eigenvalue weighted by atomic mass is 35.5. The lowest BCUT2D eigenvalue weighted by Crippen LogP contribution is -2.31. The zero-order chi connectivity index (χ0) is 18.9. The Morgan fingerprint density at radius 1 is 1.26 bits per heavy atom. The monoisotopic (exact) mass is 430 g/mol. The Morgan fingerprint density at radius 2 is 2.00 bits per heavy atom. The fourth-order valence-corrected chi connectivity index (χ4v) is 4.75. The van der Waals surface area contributed by atoms with Crippen LogP contribution in [0.25, 0.3) is 0 Å². The number of nitrogens with two attached hydrogens (primary N) is 1. The van der Waals surface area contributed by atoms with Gasteiger partial charge in [-0.1, -0.05) is 17.7 Å². The lowest BCUT2D eigenvalue weighted by atomic mass is 9.88. The van der Waals surface area contributed by atoms with Crippen molar-refractivity contribution in [2.75, 3.05) is 12.8 Å². The van der Waals surface area contributed by atoms with Gasteiger partial charge in [0.1, 0.15) is 0 Å². The lowest BCUT2D eigenvalue weighted by Gasteiger charge is -2.26. The van der Waals surface area contributed by atoms with Crippen LogP contribution in [0.15, 0.2) is 41.3 Å². The fraction of sp³-hybridized carbons (Fsp3) is 0.278. The molecule has 3 N–H and O–H groups in total. The smallest absolute Gasteiger partial charge is 0.339 e. The predicted molar refractivity (Wildman–Crippen MR) is 107 cm³/mol. The van der Waals surface area contributed by atoms with Crippen molar-refractivity contribution < 1.29 is 17.9 Å². The summed E-state index contributed by atoms with van der Waals surface area (Å²) in [5.74, 6) is -0.620. The maximum Gasteiger partial charge on any atom is 0.339 e. The van der Waals surface area contributed by atoms with E-state index in [0.717, 1.165) is 24.0 Å². The van der Waals surface area contributed by atoms with Gasteiger partial charge in [0.15, 0.2) is 0 Å². The highest BCUT2D eigenvalue weighted by molar-refractivity contribution is 7.89. The van der Waals surface area contributed by atoms with E-state index in [0.29, 0.717) is 12.1 Å². The van der Waals surface area contributed by atoms with E-state index in [2.05, 4.69) is 9.46 Å². The third-order valence-corrected chi connectivity index (χ3v) is 6.22. The summed E-state index contributed by atoms with van der Waals surface area (Å²) < 4.78 is 32.9. The Balaban J connectivity index is 0.00000261. The zero-order valence-corrected chi connectivity index (χ0v) is 17.0. The maximum absolute atomic E-state index is 12.8. The Kier molecular flexibility index (Phi) is 6.75. The summed E-state index contributed by atoms with van der Waals surface area (Å²) in [6.07, 6.45) is 2.44. The number of nitrogens with one attached hydrogen (secondary N) is 1. The van der Waals surface area contributed by atoms with Crippen LogP contribution >= 0.6 is 24.0 Å². The first-order valence-corrected chi connectivity index (χ1v) is 9.96. The van der Waals surface area contributed by atoms with E-state index in [1.807, 2.05) is 12.1 Å². The van der Waals surface area contributed by atoms with Crippen molar-refractivity contribution in [2.45, 2.75) is 30.2 Å². The van der Waals surface area contributed by atoms with Crippen LogP contribution in [0.3, 0.4) is 0 Å². The number of rotatable bonds is 4. The van der Waals surface area contributed by atoms with E-state index in [1.165, 1.54) is 25.3 Å². The van der Waals surface area contributed by atoms with Gasteiger partial charge in [0.05, 0.1) is 22.6 Å². The van der Waals surface area contributed by atoms with Crippen LogP contribution in [0.2, 0.25) is 5.02 Å². The van der Waals surface area contributed by atoms with Crippen LogP contribution in [0.5, 0.6) is 0 Å². The number of sulfonamides is 1. The van der Waals surface area contributed by atoms with Gasteiger partial charge in [-0.3, -0.25) is 0 Å². The molecule has 0 saturated carbocycles. The number of benzene rings is 2. The summed E-state index contributed by atoms with van der Waals surface area (Å²) in [7, 11) is -2.57. The minimum atomic E-state index is -3.80. The number of hydrogen-bond acceptors (Lipinski definition) is 5. The molecule has 3 rings (SSSR count). The molecule has 2 aromatic carbocycles. The highest BCUT2D eigenvalue weighted by Gasteiger charge is 2.26. The van der Waals surface area contributed by atoms with E-state index in [9.17, 15) is 13.2 Å². The number of halogens is 2. The van der Waals surface area contributed by atoms with E-state index in [-0.39, 0.29) is 33.9 Å². The predicted octanol–water partition coefficient (Wildman–Crippen LogP) is 3.49. The fourth-order valence-electron chi connectivity index (χ4n) is 3.15. The number of ether oxygens (including phenoxy) is 1. The molecule has 0 saturated heterocycles. The summed E-state index contributed by atoms with van der Waals surface area (Å²) >= 11 is 6.04. The molecule has 1 atom stereocenters. The van der Waals surface area contributed by atoms with E-state index in [4.69, 9.17) is 17.3 Å². The largest absolute Gasteiger partial charge is 0.465 e. The quantitative estimate of drug-likeness (QED) is 0.571. The van der Waals surface area contributed by atoms with E-state index < -0.39 is 16.0 Å². The van der Waals surface area contributed by atoms with Gasteiger partial charge in [0, 0.05) is 11.7 Å². The zero-order valence-electron chi connectivity index (χ0n) is 14.6. The van der Waals surface area contributed by atoms with Gasteiger partial charge in [-0.15, -0.1) is 12.4 Å². The number of carbonyl (C=O) groups is 1. The molecule has 27 heavy (non-hydrogen) atoms. The molecular weight excluding hydrogens is 411 g/mol. The van der Waals surface area contributed by atoms with Gasteiger partial charge in [-0.2, -0.15) is 0 Å². The third kappa shape index (κ3) is 4.55.